The number of rotatable bonds is 1. The van der Waals surface area contributed by atoms with Gasteiger partial charge in [-0.05, 0) is 37.1 Å². The zero-order chi connectivity index (χ0) is 12.5. The molecule has 6 heteroatoms. The summed E-state index contributed by atoms with van der Waals surface area (Å²) in [5.74, 6) is -1.99. The molecule has 0 aliphatic carbocycles. The molecule has 16 heavy (non-hydrogen) atoms. The zero-order valence-electron chi connectivity index (χ0n) is 8.77. The Kier molecular flexibility index (Phi) is 3.11. The average Bonchev–Trinajstić information content (AvgIpc) is 2.12. The second-order valence-electron chi connectivity index (χ2n) is 3.48. The first-order valence-electron chi connectivity index (χ1n) is 4.46. The zero-order valence-corrected chi connectivity index (χ0v) is 8.77. The van der Waals surface area contributed by atoms with Gasteiger partial charge in [-0.3, -0.25) is 4.79 Å². The summed E-state index contributed by atoms with van der Waals surface area (Å²) in [6, 6.07) is 2.93. The van der Waals surface area contributed by atoms with Crippen LogP contribution >= 0.6 is 0 Å². The second-order valence-corrected chi connectivity index (χ2v) is 3.48. The van der Waals surface area contributed by atoms with E-state index in [1.807, 2.05) is 0 Å². The van der Waals surface area contributed by atoms with Crippen LogP contribution in [0.25, 0.3) is 0 Å². The third-order valence-corrected chi connectivity index (χ3v) is 2.12. The molecule has 3 N–H and O–H groups in total. The molecule has 0 radical (unpaired) electrons. The van der Waals surface area contributed by atoms with E-state index in [1.54, 1.807) is 19.2 Å². The Morgan fingerprint density at radius 3 is 2.31 bits per heavy atom. The van der Waals surface area contributed by atoms with Gasteiger partial charge in [0.05, 0.1) is 0 Å². The van der Waals surface area contributed by atoms with E-state index >= 15 is 0 Å². The standard InChI is InChI=1S/C10H11F3N2O/c1-5-4-8(6(2)3-7(5)14)15-9(16)10(11,12)13/h3-4H,14H2,1-2H3,(H,15,16). The van der Waals surface area contributed by atoms with Crippen molar-refractivity contribution in [2.75, 3.05) is 11.1 Å². The Bertz CT molecular complexity index is 427. The lowest BCUT2D eigenvalue weighted by Gasteiger charge is -2.12. The van der Waals surface area contributed by atoms with Gasteiger partial charge in [0.25, 0.3) is 0 Å². The van der Waals surface area contributed by atoms with Crippen LogP contribution < -0.4 is 11.1 Å². The van der Waals surface area contributed by atoms with Gasteiger partial charge in [-0.2, -0.15) is 13.2 Å². The van der Waals surface area contributed by atoms with Gasteiger partial charge in [-0.15, -0.1) is 0 Å². The molecule has 0 fully saturated rings. The number of aryl methyl sites for hydroxylation is 2. The van der Waals surface area contributed by atoms with Crippen LogP contribution in [0.2, 0.25) is 0 Å². The highest BCUT2D eigenvalue weighted by molar-refractivity contribution is 5.95. The SMILES string of the molecule is Cc1cc(NC(=O)C(F)(F)F)c(C)cc1N. The number of nitrogens with two attached hydrogens (primary N) is 1. The van der Waals surface area contributed by atoms with Crippen LogP contribution in [0.4, 0.5) is 24.5 Å². The molecule has 0 heterocycles. The number of nitrogens with one attached hydrogen (secondary N) is 1. The minimum absolute atomic E-state index is 0.119. The molecule has 1 aromatic rings. The number of carbonyl (C=O) groups is 1. The lowest BCUT2D eigenvalue weighted by molar-refractivity contribution is -0.167. The van der Waals surface area contributed by atoms with E-state index in [4.69, 9.17) is 5.73 Å². The van der Waals surface area contributed by atoms with Crippen molar-refractivity contribution in [2.24, 2.45) is 0 Å². The third kappa shape index (κ3) is 2.65. The lowest BCUT2D eigenvalue weighted by Crippen LogP contribution is -2.30. The predicted molar refractivity (Wildman–Crippen MR) is 55.0 cm³/mol. The van der Waals surface area contributed by atoms with Crippen molar-refractivity contribution in [2.45, 2.75) is 20.0 Å². The highest BCUT2D eigenvalue weighted by atomic mass is 19.4. The summed E-state index contributed by atoms with van der Waals surface area (Å²) in [4.78, 5) is 10.7. The van der Waals surface area contributed by atoms with E-state index in [-0.39, 0.29) is 5.69 Å². The molecule has 0 aromatic heterocycles. The number of hydrogen-bond donors (Lipinski definition) is 2. The number of anilines is 2. The summed E-state index contributed by atoms with van der Waals surface area (Å²) in [7, 11) is 0. The fourth-order valence-corrected chi connectivity index (χ4v) is 1.17. The van der Waals surface area contributed by atoms with Gasteiger partial charge < -0.3 is 11.1 Å². The predicted octanol–water partition coefficient (Wildman–Crippen LogP) is 2.39. The number of amides is 1. The van der Waals surface area contributed by atoms with E-state index in [9.17, 15) is 18.0 Å². The van der Waals surface area contributed by atoms with E-state index in [0.29, 0.717) is 16.8 Å². The molecule has 1 rings (SSSR count). The summed E-state index contributed by atoms with van der Waals surface area (Å²) in [5, 5.41) is 1.80. The van der Waals surface area contributed by atoms with E-state index in [1.165, 1.54) is 12.1 Å². The van der Waals surface area contributed by atoms with Crippen molar-refractivity contribution >= 4 is 17.3 Å². The van der Waals surface area contributed by atoms with Crippen LogP contribution in [0.3, 0.4) is 0 Å². The fourth-order valence-electron chi connectivity index (χ4n) is 1.17. The number of alkyl halides is 3. The summed E-state index contributed by atoms with van der Waals surface area (Å²) in [6.07, 6.45) is -4.89. The molecule has 0 spiro atoms. The maximum atomic E-state index is 12.0. The molecule has 0 saturated heterocycles. The molecule has 3 nitrogen and oxygen atoms in total. The second kappa shape index (κ2) is 4.03. The summed E-state index contributed by atoms with van der Waals surface area (Å²) in [6.45, 7) is 3.22. The van der Waals surface area contributed by atoms with Crippen molar-refractivity contribution in [3.8, 4) is 0 Å². The molecular weight excluding hydrogens is 221 g/mol. The molecule has 0 aliphatic rings. The lowest BCUT2D eigenvalue weighted by atomic mass is 10.1. The molecule has 0 atom stereocenters. The van der Waals surface area contributed by atoms with Crippen LogP contribution in [-0.2, 0) is 4.79 Å². The Labute approximate surface area is 90.4 Å². The maximum absolute atomic E-state index is 12.0. The monoisotopic (exact) mass is 232 g/mol. The van der Waals surface area contributed by atoms with Crippen LogP contribution in [0.5, 0.6) is 0 Å². The highest BCUT2D eigenvalue weighted by Crippen LogP contribution is 2.24. The number of halogens is 3. The van der Waals surface area contributed by atoms with Crippen molar-refractivity contribution in [1.82, 2.24) is 0 Å². The number of benzene rings is 1. The van der Waals surface area contributed by atoms with Crippen molar-refractivity contribution in [3.05, 3.63) is 23.3 Å². The smallest absolute Gasteiger partial charge is 0.399 e. The number of hydrogen-bond acceptors (Lipinski definition) is 2. The first-order valence-corrected chi connectivity index (χ1v) is 4.46. The Morgan fingerprint density at radius 1 is 1.25 bits per heavy atom. The van der Waals surface area contributed by atoms with Crippen molar-refractivity contribution in [3.63, 3.8) is 0 Å². The third-order valence-electron chi connectivity index (χ3n) is 2.12. The molecule has 0 bridgehead atoms. The summed E-state index contributed by atoms with van der Waals surface area (Å²) in [5.41, 5.74) is 7.27. The Balaban J connectivity index is 2.99. The summed E-state index contributed by atoms with van der Waals surface area (Å²) >= 11 is 0. The number of carbonyl (C=O) groups excluding carboxylic acids is 1. The topological polar surface area (TPSA) is 55.1 Å². The van der Waals surface area contributed by atoms with Gasteiger partial charge in [-0.25, -0.2) is 0 Å². The highest BCUT2D eigenvalue weighted by Gasteiger charge is 2.38. The average molecular weight is 232 g/mol. The normalized spacial score (nSPS) is 11.3. The molecule has 0 aliphatic heterocycles. The van der Waals surface area contributed by atoms with E-state index < -0.39 is 12.1 Å². The van der Waals surface area contributed by atoms with Gasteiger partial charge in [0.1, 0.15) is 0 Å². The van der Waals surface area contributed by atoms with Gasteiger partial charge in [0, 0.05) is 11.4 Å². The Hall–Kier alpha value is -1.72. The minimum atomic E-state index is -4.89. The molecule has 0 saturated carbocycles. The quantitative estimate of drug-likeness (QED) is 0.730. The van der Waals surface area contributed by atoms with Crippen molar-refractivity contribution in [1.29, 1.82) is 0 Å². The first-order chi connectivity index (χ1) is 7.21. The molecular formula is C10H11F3N2O. The molecule has 1 aromatic carbocycles. The maximum Gasteiger partial charge on any atom is 0.471 e. The largest absolute Gasteiger partial charge is 0.471 e. The van der Waals surface area contributed by atoms with Crippen LogP contribution in [0.15, 0.2) is 12.1 Å². The van der Waals surface area contributed by atoms with Crippen LogP contribution in [-0.4, -0.2) is 12.1 Å². The van der Waals surface area contributed by atoms with Gasteiger partial charge in [0.2, 0.25) is 0 Å². The van der Waals surface area contributed by atoms with Gasteiger partial charge in [0.15, 0.2) is 0 Å². The minimum Gasteiger partial charge on any atom is -0.399 e. The Morgan fingerprint density at radius 2 is 1.81 bits per heavy atom. The van der Waals surface area contributed by atoms with Gasteiger partial charge in [-0.1, -0.05) is 0 Å². The van der Waals surface area contributed by atoms with E-state index in [2.05, 4.69) is 0 Å². The van der Waals surface area contributed by atoms with Crippen LogP contribution in [0, 0.1) is 13.8 Å². The fraction of sp³-hybridized carbons (Fsp3) is 0.300. The number of nitrogen functional groups attached to an aromatic ring is 1. The summed E-state index contributed by atoms with van der Waals surface area (Å²) < 4.78 is 36.0. The molecule has 88 valence electrons. The molecule has 0 unspecified atom stereocenters. The first kappa shape index (κ1) is 12.4. The van der Waals surface area contributed by atoms with E-state index in [0.717, 1.165) is 0 Å². The van der Waals surface area contributed by atoms with Crippen molar-refractivity contribution < 1.29 is 18.0 Å². The van der Waals surface area contributed by atoms with Gasteiger partial charge >= 0.3 is 12.1 Å². The molecule has 1 amide bonds. The van der Waals surface area contributed by atoms with Crippen LogP contribution in [0.1, 0.15) is 11.1 Å².